The Kier molecular flexibility index (Phi) is 6.04. The zero-order valence-electron chi connectivity index (χ0n) is 16.3. The first-order valence-corrected chi connectivity index (χ1v) is 10.4. The Morgan fingerprint density at radius 1 is 1.14 bits per heavy atom. The van der Waals surface area contributed by atoms with Crippen molar-refractivity contribution < 1.29 is 9.21 Å². The Labute approximate surface area is 166 Å². The maximum Gasteiger partial charge on any atom is 0.318 e. The van der Waals surface area contributed by atoms with Crippen LogP contribution in [-0.4, -0.2) is 35.7 Å². The van der Waals surface area contributed by atoms with Gasteiger partial charge in [0, 0.05) is 31.1 Å². The fourth-order valence-corrected chi connectivity index (χ4v) is 4.00. The Hall–Kier alpha value is -2.63. The Morgan fingerprint density at radius 3 is 2.71 bits per heavy atom. The van der Waals surface area contributed by atoms with E-state index in [0.29, 0.717) is 11.9 Å². The minimum absolute atomic E-state index is 0.0769. The molecule has 0 unspecified atom stereocenters. The number of allylic oxidation sites excluding steroid dienone is 1. The average molecular weight is 380 g/mol. The van der Waals surface area contributed by atoms with E-state index in [-0.39, 0.29) is 11.8 Å². The van der Waals surface area contributed by atoms with E-state index in [1.165, 1.54) is 31.3 Å². The number of hydrogen-bond donors (Lipinski definition) is 1. The molecule has 1 amide bonds. The summed E-state index contributed by atoms with van der Waals surface area (Å²) in [4.78, 5) is 14.6. The van der Waals surface area contributed by atoms with Crippen molar-refractivity contribution in [3.8, 4) is 11.5 Å². The third-order valence-corrected chi connectivity index (χ3v) is 5.70. The number of hydrogen-bond acceptors (Lipinski definition) is 5. The standard InChI is InChI=1S/C22H28N4O2/c27-20(23-14-11-17-7-3-1-4-8-17)18-12-15-26(16-13-18)22-25-24-21(28-22)19-9-5-2-6-10-19/h2,5-7,9-10,18H,1,3-4,8,11-16H2,(H,23,27). The number of carbonyl (C=O) groups is 1. The van der Waals surface area contributed by atoms with Crippen LogP contribution >= 0.6 is 0 Å². The monoisotopic (exact) mass is 380 g/mol. The highest BCUT2D eigenvalue weighted by Crippen LogP contribution is 2.26. The van der Waals surface area contributed by atoms with Gasteiger partial charge in [-0.05, 0) is 57.1 Å². The van der Waals surface area contributed by atoms with Gasteiger partial charge in [0.25, 0.3) is 0 Å². The van der Waals surface area contributed by atoms with E-state index in [0.717, 1.165) is 44.5 Å². The van der Waals surface area contributed by atoms with Crippen molar-refractivity contribution in [2.24, 2.45) is 5.92 Å². The zero-order chi connectivity index (χ0) is 19.2. The van der Waals surface area contributed by atoms with Gasteiger partial charge in [-0.1, -0.05) is 34.9 Å². The third kappa shape index (κ3) is 4.61. The van der Waals surface area contributed by atoms with Crippen LogP contribution < -0.4 is 10.2 Å². The van der Waals surface area contributed by atoms with Crippen LogP contribution in [0, 0.1) is 5.92 Å². The highest BCUT2D eigenvalue weighted by atomic mass is 16.4. The van der Waals surface area contributed by atoms with Crippen molar-refractivity contribution in [3.63, 3.8) is 0 Å². The van der Waals surface area contributed by atoms with Crippen LogP contribution in [-0.2, 0) is 4.79 Å². The summed E-state index contributed by atoms with van der Waals surface area (Å²) in [6, 6.07) is 10.3. The van der Waals surface area contributed by atoms with Crippen molar-refractivity contribution in [2.75, 3.05) is 24.5 Å². The molecule has 2 aromatic rings. The van der Waals surface area contributed by atoms with E-state index < -0.39 is 0 Å². The smallest absolute Gasteiger partial charge is 0.318 e. The number of aromatic nitrogens is 2. The van der Waals surface area contributed by atoms with Gasteiger partial charge in [-0.25, -0.2) is 0 Å². The van der Waals surface area contributed by atoms with Crippen LogP contribution in [0.5, 0.6) is 0 Å². The highest BCUT2D eigenvalue weighted by Gasteiger charge is 2.27. The molecule has 4 rings (SSSR count). The first kappa shape index (κ1) is 18.7. The summed E-state index contributed by atoms with van der Waals surface area (Å²) in [5.41, 5.74) is 2.43. The van der Waals surface area contributed by atoms with E-state index in [9.17, 15) is 4.79 Å². The first-order chi connectivity index (χ1) is 13.8. The van der Waals surface area contributed by atoms with Gasteiger partial charge in [0.05, 0.1) is 0 Å². The molecule has 0 radical (unpaired) electrons. The normalized spacial score (nSPS) is 18.0. The van der Waals surface area contributed by atoms with Gasteiger partial charge in [0.15, 0.2) is 0 Å². The molecule has 2 heterocycles. The van der Waals surface area contributed by atoms with Crippen LogP contribution in [0.25, 0.3) is 11.5 Å². The summed E-state index contributed by atoms with van der Waals surface area (Å²) >= 11 is 0. The summed E-state index contributed by atoms with van der Waals surface area (Å²) in [7, 11) is 0. The minimum Gasteiger partial charge on any atom is -0.403 e. The molecule has 1 aromatic carbocycles. The molecule has 6 nitrogen and oxygen atoms in total. The average Bonchev–Trinajstić information content (AvgIpc) is 3.25. The lowest BCUT2D eigenvalue weighted by molar-refractivity contribution is -0.125. The number of piperidine rings is 1. The van der Waals surface area contributed by atoms with Crippen LogP contribution in [0.4, 0.5) is 6.01 Å². The summed E-state index contributed by atoms with van der Waals surface area (Å²) in [6.07, 6.45) is 9.97. The van der Waals surface area contributed by atoms with E-state index in [4.69, 9.17) is 4.42 Å². The molecule has 1 aliphatic carbocycles. The number of benzene rings is 1. The number of rotatable bonds is 6. The molecule has 1 N–H and O–H groups in total. The van der Waals surface area contributed by atoms with Gasteiger partial charge < -0.3 is 14.6 Å². The lowest BCUT2D eigenvalue weighted by Gasteiger charge is -2.29. The third-order valence-electron chi connectivity index (χ3n) is 5.70. The molecule has 28 heavy (non-hydrogen) atoms. The van der Waals surface area contributed by atoms with E-state index in [1.54, 1.807) is 0 Å². The van der Waals surface area contributed by atoms with Crippen molar-refractivity contribution in [1.82, 2.24) is 15.5 Å². The predicted molar refractivity (Wildman–Crippen MR) is 109 cm³/mol. The molecule has 0 spiro atoms. The SMILES string of the molecule is O=C(NCCC1=CCCCC1)C1CCN(c2nnc(-c3ccccc3)o2)CC1. The van der Waals surface area contributed by atoms with Gasteiger partial charge in [0.2, 0.25) is 11.8 Å². The summed E-state index contributed by atoms with van der Waals surface area (Å²) in [6.45, 7) is 2.29. The lowest BCUT2D eigenvalue weighted by atomic mass is 9.95. The molecule has 1 aliphatic heterocycles. The van der Waals surface area contributed by atoms with Gasteiger partial charge >= 0.3 is 6.01 Å². The molecule has 2 aliphatic rings. The predicted octanol–water partition coefficient (Wildman–Crippen LogP) is 3.96. The number of nitrogens with one attached hydrogen (secondary N) is 1. The van der Waals surface area contributed by atoms with Gasteiger partial charge in [-0.15, -0.1) is 5.10 Å². The molecule has 1 saturated heterocycles. The zero-order valence-corrected chi connectivity index (χ0v) is 16.3. The first-order valence-electron chi connectivity index (χ1n) is 10.4. The maximum absolute atomic E-state index is 12.5. The Morgan fingerprint density at radius 2 is 1.96 bits per heavy atom. The highest BCUT2D eigenvalue weighted by molar-refractivity contribution is 5.78. The largest absolute Gasteiger partial charge is 0.403 e. The molecular weight excluding hydrogens is 352 g/mol. The summed E-state index contributed by atoms with van der Waals surface area (Å²) < 4.78 is 5.83. The fourth-order valence-electron chi connectivity index (χ4n) is 4.00. The Bertz CT molecular complexity index is 807. The molecule has 1 aromatic heterocycles. The summed E-state index contributed by atoms with van der Waals surface area (Å²) in [5, 5.41) is 11.5. The lowest BCUT2D eigenvalue weighted by Crippen LogP contribution is -2.41. The van der Waals surface area contributed by atoms with Crippen molar-refractivity contribution >= 4 is 11.9 Å². The number of amides is 1. The van der Waals surface area contributed by atoms with Gasteiger partial charge in [0.1, 0.15) is 0 Å². The molecule has 0 atom stereocenters. The van der Waals surface area contributed by atoms with E-state index in [1.807, 2.05) is 30.3 Å². The van der Waals surface area contributed by atoms with Crippen LogP contribution in [0.2, 0.25) is 0 Å². The van der Waals surface area contributed by atoms with Crippen molar-refractivity contribution in [1.29, 1.82) is 0 Å². The number of nitrogens with zero attached hydrogens (tertiary/aromatic N) is 3. The molecule has 0 bridgehead atoms. The second kappa shape index (κ2) is 9.04. The van der Waals surface area contributed by atoms with Gasteiger partial charge in [-0.2, -0.15) is 0 Å². The van der Waals surface area contributed by atoms with Crippen LogP contribution in [0.15, 0.2) is 46.4 Å². The van der Waals surface area contributed by atoms with Crippen molar-refractivity contribution in [2.45, 2.75) is 44.9 Å². The van der Waals surface area contributed by atoms with E-state index >= 15 is 0 Å². The van der Waals surface area contributed by atoms with Crippen molar-refractivity contribution in [3.05, 3.63) is 42.0 Å². The quantitative estimate of drug-likeness (QED) is 0.768. The molecule has 148 valence electrons. The van der Waals surface area contributed by atoms with Crippen LogP contribution in [0.1, 0.15) is 44.9 Å². The van der Waals surface area contributed by atoms with Gasteiger partial charge in [-0.3, -0.25) is 4.79 Å². The number of anilines is 1. The minimum atomic E-state index is 0.0769. The van der Waals surface area contributed by atoms with Crippen LogP contribution in [0.3, 0.4) is 0 Å². The topological polar surface area (TPSA) is 71.3 Å². The second-order valence-electron chi connectivity index (χ2n) is 7.67. The fraction of sp³-hybridized carbons (Fsp3) is 0.500. The van der Waals surface area contributed by atoms with E-state index in [2.05, 4.69) is 26.5 Å². The molecular formula is C22H28N4O2. The molecule has 1 fully saturated rings. The second-order valence-corrected chi connectivity index (χ2v) is 7.67. The number of carbonyl (C=O) groups excluding carboxylic acids is 1. The molecule has 0 saturated carbocycles. The summed E-state index contributed by atoms with van der Waals surface area (Å²) in [5.74, 6) is 0.798. The Balaban J connectivity index is 1.23. The molecule has 6 heteroatoms. The maximum atomic E-state index is 12.5.